The molecular formula is C27H25ClN2O5. The number of nitriles is 1. The van der Waals surface area contributed by atoms with Gasteiger partial charge in [-0.2, -0.15) is 5.26 Å². The van der Waals surface area contributed by atoms with Crippen molar-refractivity contribution in [1.29, 1.82) is 5.26 Å². The van der Waals surface area contributed by atoms with E-state index in [4.69, 9.17) is 16.3 Å². The van der Waals surface area contributed by atoms with Crippen molar-refractivity contribution in [3.63, 3.8) is 0 Å². The van der Waals surface area contributed by atoms with Crippen LogP contribution in [0.5, 0.6) is 5.75 Å². The Balaban J connectivity index is 2.05. The minimum atomic E-state index is -1.03. The molecular weight excluding hydrogens is 468 g/mol. The van der Waals surface area contributed by atoms with Crippen molar-refractivity contribution >= 4 is 23.4 Å². The molecule has 0 aliphatic heterocycles. The van der Waals surface area contributed by atoms with Crippen LogP contribution >= 0.6 is 11.6 Å². The molecule has 0 amide bonds. The van der Waals surface area contributed by atoms with Gasteiger partial charge in [-0.05, 0) is 48.2 Å². The Labute approximate surface area is 208 Å². The van der Waals surface area contributed by atoms with E-state index in [2.05, 4.69) is 6.07 Å². The second-order valence-corrected chi connectivity index (χ2v) is 9.03. The van der Waals surface area contributed by atoms with E-state index in [1.807, 2.05) is 13.8 Å². The van der Waals surface area contributed by atoms with Crippen LogP contribution in [0.2, 0.25) is 5.02 Å². The summed E-state index contributed by atoms with van der Waals surface area (Å²) in [7, 11) is 1.45. The molecule has 1 unspecified atom stereocenters. The number of pyridine rings is 1. The van der Waals surface area contributed by atoms with Crippen LogP contribution in [0, 0.1) is 24.2 Å². The standard InChI is InChI=1S/C27H25ClN2O5/c1-15(2)26(23(31)10-17-5-8-20(27(33)34)16(3)9-17)30-14-24(35-4)22(12-25(30)32)21-11-19(28)7-6-18(21)13-29/h5-9,11-12,14-15,26H,10H2,1-4H3,(H,33,34). The van der Waals surface area contributed by atoms with Crippen LogP contribution in [0.3, 0.4) is 0 Å². The molecule has 3 aromatic rings. The van der Waals surface area contributed by atoms with Gasteiger partial charge in [0.15, 0.2) is 5.78 Å². The Kier molecular flexibility index (Phi) is 7.78. The first-order valence-electron chi connectivity index (χ1n) is 10.9. The lowest BCUT2D eigenvalue weighted by Crippen LogP contribution is -2.33. The molecule has 2 aromatic carbocycles. The van der Waals surface area contributed by atoms with Gasteiger partial charge < -0.3 is 14.4 Å². The molecule has 180 valence electrons. The van der Waals surface area contributed by atoms with Crippen molar-refractivity contribution in [3.8, 4) is 22.9 Å². The quantitative estimate of drug-likeness (QED) is 0.470. The van der Waals surface area contributed by atoms with Crippen LogP contribution in [-0.2, 0) is 11.2 Å². The molecule has 0 radical (unpaired) electrons. The lowest BCUT2D eigenvalue weighted by atomic mass is 9.93. The first-order chi connectivity index (χ1) is 16.6. The van der Waals surface area contributed by atoms with Crippen molar-refractivity contribution in [2.75, 3.05) is 7.11 Å². The largest absolute Gasteiger partial charge is 0.495 e. The summed E-state index contributed by atoms with van der Waals surface area (Å²) >= 11 is 6.13. The summed E-state index contributed by atoms with van der Waals surface area (Å²) < 4.78 is 6.89. The normalized spacial score (nSPS) is 11.7. The van der Waals surface area contributed by atoms with Gasteiger partial charge in [0, 0.05) is 28.6 Å². The summed E-state index contributed by atoms with van der Waals surface area (Å²) in [6.45, 7) is 5.37. The Morgan fingerprint density at radius 1 is 1.14 bits per heavy atom. The van der Waals surface area contributed by atoms with Crippen LogP contribution < -0.4 is 10.3 Å². The van der Waals surface area contributed by atoms with E-state index in [-0.39, 0.29) is 23.7 Å². The minimum absolute atomic E-state index is 0.0347. The maximum absolute atomic E-state index is 13.4. The van der Waals surface area contributed by atoms with E-state index in [0.29, 0.717) is 38.6 Å². The number of hydrogen-bond acceptors (Lipinski definition) is 5. The molecule has 0 spiro atoms. The predicted octanol–water partition coefficient (Wildman–Crippen LogP) is 5.06. The van der Waals surface area contributed by atoms with Gasteiger partial charge in [0.2, 0.25) is 0 Å². The van der Waals surface area contributed by atoms with E-state index in [0.717, 1.165) is 0 Å². The second-order valence-electron chi connectivity index (χ2n) is 8.59. The zero-order chi connectivity index (χ0) is 25.9. The molecule has 8 heteroatoms. The third-order valence-electron chi connectivity index (χ3n) is 5.82. The van der Waals surface area contributed by atoms with Crippen LogP contribution in [0.15, 0.2) is 53.5 Å². The molecule has 1 N–H and O–H groups in total. The van der Waals surface area contributed by atoms with Gasteiger partial charge in [0.05, 0.1) is 36.5 Å². The number of carbonyl (C=O) groups excluding carboxylic acids is 1. The van der Waals surface area contributed by atoms with Crippen molar-refractivity contribution in [2.24, 2.45) is 5.92 Å². The first-order valence-corrected chi connectivity index (χ1v) is 11.3. The highest BCUT2D eigenvalue weighted by Crippen LogP contribution is 2.34. The van der Waals surface area contributed by atoms with Crippen LogP contribution in [-0.4, -0.2) is 28.5 Å². The highest BCUT2D eigenvalue weighted by Gasteiger charge is 2.27. The number of ketones is 1. The Morgan fingerprint density at radius 2 is 1.86 bits per heavy atom. The number of rotatable bonds is 8. The number of aromatic carboxylic acids is 1. The van der Waals surface area contributed by atoms with Crippen LogP contribution in [0.4, 0.5) is 0 Å². The maximum Gasteiger partial charge on any atom is 0.335 e. The number of carbonyl (C=O) groups is 2. The van der Waals surface area contributed by atoms with Crippen molar-refractivity contribution in [2.45, 2.75) is 33.2 Å². The minimum Gasteiger partial charge on any atom is -0.495 e. The summed E-state index contributed by atoms with van der Waals surface area (Å²) in [5.41, 5.74) is 2.18. The molecule has 7 nitrogen and oxygen atoms in total. The van der Waals surface area contributed by atoms with Gasteiger partial charge in [0.1, 0.15) is 5.75 Å². The molecule has 35 heavy (non-hydrogen) atoms. The van der Waals surface area contributed by atoms with Crippen LogP contribution in [0.25, 0.3) is 11.1 Å². The maximum atomic E-state index is 13.4. The van der Waals surface area contributed by atoms with Gasteiger partial charge in [-0.1, -0.05) is 37.6 Å². The number of halogens is 1. The zero-order valence-electron chi connectivity index (χ0n) is 19.8. The smallest absolute Gasteiger partial charge is 0.335 e. The Bertz CT molecular complexity index is 1400. The third-order valence-corrected chi connectivity index (χ3v) is 6.05. The number of carboxylic acids is 1. The lowest BCUT2D eigenvalue weighted by Gasteiger charge is -2.24. The number of methoxy groups -OCH3 is 1. The fraction of sp³-hybridized carbons (Fsp3) is 0.259. The van der Waals surface area contributed by atoms with E-state index in [1.54, 1.807) is 37.3 Å². The molecule has 0 saturated heterocycles. The first kappa shape index (κ1) is 25.7. The summed E-state index contributed by atoms with van der Waals surface area (Å²) in [6, 6.07) is 12.2. The monoisotopic (exact) mass is 492 g/mol. The van der Waals surface area contributed by atoms with Gasteiger partial charge >= 0.3 is 5.97 Å². The molecule has 0 fully saturated rings. The topological polar surface area (TPSA) is 109 Å². The van der Waals surface area contributed by atoms with E-state index < -0.39 is 17.6 Å². The average Bonchev–Trinajstić information content (AvgIpc) is 2.79. The summed E-state index contributed by atoms with van der Waals surface area (Å²) in [5.74, 6) is -1.11. The molecule has 1 aromatic heterocycles. The fourth-order valence-corrected chi connectivity index (χ4v) is 4.36. The number of nitrogens with zero attached hydrogens (tertiary/aromatic N) is 2. The van der Waals surface area contributed by atoms with Crippen molar-refractivity contribution in [3.05, 3.63) is 86.3 Å². The summed E-state index contributed by atoms with van der Waals surface area (Å²) in [5, 5.41) is 19.2. The second kappa shape index (κ2) is 10.6. The number of carboxylic acid groups (broad SMARTS) is 1. The molecule has 0 aliphatic rings. The molecule has 3 rings (SSSR count). The van der Waals surface area contributed by atoms with E-state index >= 15 is 0 Å². The zero-order valence-corrected chi connectivity index (χ0v) is 20.6. The van der Waals surface area contributed by atoms with E-state index in [9.17, 15) is 24.8 Å². The predicted molar refractivity (Wildman–Crippen MR) is 133 cm³/mol. The molecule has 1 heterocycles. The molecule has 0 bridgehead atoms. The fourth-order valence-electron chi connectivity index (χ4n) is 4.19. The summed E-state index contributed by atoms with van der Waals surface area (Å²) in [4.78, 5) is 37.9. The van der Waals surface area contributed by atoms with Gasteiger partial charge in [0.25, 0.3) is 5.56 Å². The number of aromatic nitrogens is 1. The lowest BCUT2D eigenvalue weighted by molar-refractivity contribution is -0.122. The molecule has 1 atom stereocenters. The average molecular weight is 493 g/mol. The third kappa shape index (κ3) is 5.44. The van der Waals surface area contributed by atoms with Crippen molar-refractivity contribution in [1.82, 2.24) is 4.57 Å². The SMILES string of the molecule is COc1cn(C(C(=O)Cc2ccc(C(=O)O)c(C)c2)C(C)C)c(=O)cc1-c1cc(Cl)ccc1C#N. The Hall–Kier alpha value is -3.89. The number of hydrogen-bond donors (Lipinski definition) is 1. The van der Waals surface area contributed by atoms with Gasteiger partial charge in [-0.15, -0.1) is 0 Å². The number of aryl methyl sites for hydroxylation is 1. The highest BCUT2D eigenvalue weighted by atomic mass is 35.5. The highest BCUT2D eigenvalue weighted by molar-refractivity contribution is 6.31. The van der Waals surface area contributed by atoms with Gasteiger partial charge in [-0.25, -0.2) is 4.79 Å². The van der Waals surface area contributed by atoms with E-state index in [1.165, 1.54) is 30.0 Å². The van der Waals surface area contributed by atoms with Gasteiger partial charge in [-0.3, -0.25) is 9.59 Å². The number of benzene rings is 2. The molecule has 0 aliphatic carbocycles. The van der Waals surface area contributed by atoms with Crippen LogP contribution in [0.1, 0.15) is 46.9 Å². The van der Waals surface area contributed by atoms with Crippen molar-refractivity contribution < 1.29 is 19.4 Å². The Morgan fingerprint density at radius 3 is 2.43 bits per heavy atom. The molecule has 0 saturated carbocycles. The number of ether oxygens (including phenoxy) is 1. The summed E-state index contributed by atoms with van der Waals surface area (Å²) in [6.07, 6.45) is 1.52. The number of Topliss-reactive ketones (excluding diaryl/α,β-unsaturated/α-hetero) is 1.